The lowest BCUT2D eigenvalue weighted by Gasteiger charge is -2.19. The summed E-state index contributed by atoms with van der Waals surface area (Å²) >= 11 is 0. The Morgan fingerprint density at radius 3 is 2.19 bits per heavy atom. The normalized spacial score (nSPS) is 11.5. The van der Waals surface area contributed by atoms with Gasteiger partial charge in [-0.15, -0.1) is 0 Å². The van der Waals surface area contributed by atoms with E-state index in [1.54, 1.807) is 19.1 Å². The van der Waals surface area contributed by atoms with Crippen LogP contribution in [0, 0.1) is 0 Å². The topological polar surface area (TPSA) is 90.9 Å². The molecule has 2 aromatic carbocycles. The first kappa shape index (κ1) is 29.9. The molecule has 7 nitrogen and oxygen atoms in total. The zero-order valence-electron chi connectivity index (χ0n) is 22.3. The quantitative estimate of drug-likeness (QED) is 0.106. The summed E-state index contributed by atoms with van der Waals surface area (Å²) in [7, 11) is 0. The van der Waals surface area contributed by atoms with Crippen molar-refractivity contribution in [2.45, 2.75) is 84.3 Å². The number of ether oxygens (including phenoxy) is 3. The van der Waals surface area contributed by atoms with Crippen LogP contribution < -0.4 is 5.32 Å². The molecule has 202 valence electrons. The maximum atomic E-state index is 12.8. The number of rotatable bonds is 17. The highest BCUT2D eigenvalue weighted by Gasteiger charge is 2.20. The maximum Gasteiger partial charge on any atom is 0.410 e. The largest absolute Gasteiger partial charge is 0.460 e. The number of benzene rings is 2. The van der Waals surface area contributed by atoms with E-state index in [9.17, 15) is 14.4 Å². The summed E-state index contributed by atoms with van der Waals surface area (Å²) in [5, 5.41) is 4.47. The first-order valence-electron chi connectivity index (χ1n) is 13.4. The SMILES string of the molecule is C=C(C)C(=O)OCCNC(=O)OC(CCCCCCCCCCC)OC(=O)c1ccc2ccccc2c1. The summed E-state index contributed by atoms with van der Waals surface area (Å²) in [6, 6.07) is 13.1. The van der Waals surface area contributed by atoms with Crippen molar-refractivity contribution in [3.05, 3.63) is 60.2 Å². The Bertz CT molecular complexity index is 1020. The van der Waals surface area contributed by atoms with Crippen LogP contribution in [0.4, 0.5) is 4.79 Å². The van der Waals surface area contributed by atoms with Crippen LogP contribution >= 0.6 is 0 Å². The van der Waals surface area contributed by atoms with Crippen molar-refractivity contribution in [3.63, 3.8) is 0 Å². The molecule has 37 heavy (non-hydrogen) atoms. The van der Waals surface area contributed by atoms with E-state index in [2.05, 4.69) is 18.8 Å². The van der Waals surface area contributed by atoms with Crippen LogP contribution in [0.3, 0.4) is 0 Å². The molecule has 7 heteroatoms. The standard InChI is InChI=1S/C30H41NO6/c1-4-5-6-7-8-9-10-11-12-17-27(37-30(34)31-20-21-35-28(32)23(2)3)36-29(33)26-19-18-24-15-13-14-16-25(24)22-26/h13-16,18-19,22,27H,2,4-12,17,20-21H2,1,3H3,(H,31,34). The summed E-state index contributed by atoms with van der Waals surface area (Å²) in [5.74, 6) is -1.07. The molecule has 1 N–H and O–H groups in total. The van der Waals surface area contributed by atoms with E-state index in [0.717, 1.165) is 30.0 Å². The van der Waals surface area contributed by atoms with Crippen LogP contribution in [0.1, 0.15) is 88.4 Å². The van der Waals surface area contributed by atoms with Gasteiger partial charge in [0.05, 0.1) is 12.1 Å². The number of amides is 1. The second-order valence-corrected chi connectivity index (χ2v) is 9.26. The molecule has 0 saturated heterocycles. The predicted octanol–water partition coefficient (Wildman–Crippen LogP) is 7.09. The van der Waals surface area contributed by atoms with E-state index in [-0.39, 0.29) is 18.7 Å². The van der Waals surface area contributed by atoms with E-state index in [4.69, 9.17) is 14.2 Å². The zero-order valence-corrected chi connectivity index (χ0v) is 22.3. The second kappa shape index (κ2) is 17.2. The number of hydrogen-bond acceptors (Lipinski definition) is 6. The van der Waals surface area contributed by atoms with E-state index in [1.165, 1.54) is 38.5 Å². The molecule has 0 bridgehead atoms. The van der Waals surface area contributed by atoms with Crippen molar-refractivity contribution in [2.24, 2.45) is 0 Å². The number of unbranched alkanes of at least 4 members (excludes halogenated alkanes) is 8. The third-order valence-corrected chi connectivity index (χ3v) is 5.96. The predicted molar refractivity (Wildman–Crippen MR) is 145 cm³/mol. The molecule has 0 aliphatic rings. The van der Waals surface area contributed by atoms with Gasteiger partial charge in [0.15, 0.2) is 0 Å². The number of hydrogen-bond donors (Lipinski definition) is 1. The Morgan fingerprint density at radius 2 is 1.51 bits per heavy atom. The number of nitrogens with one attached hydrogen (secondary N) is 1. The molecule has 0 radical (unpaired) electrons. The Balaban J connectivity index is 1.86. The van der Waals surface area contributed by atoms with Gasteiger partial charge in [-0.2, -0.15) is 0 Å². The number of carbonyl (C=O) groups excluding carboxylic acids is 3. The number of esters is 2. The van der Waals surface area contributed by atoms with Crippen molar-refractivity contribution in [3.8, 4) is 0 Å². The molecule has 0 heterocycles. The van der Waals surface area contributed by atoms with Crippen LogP contribution in [0.2, 0.25) is 0 Å². The molecule has 0 aliphatic carbocycles. The lowest BCUT2D eigenvalue weighted by Crippen LogP contribution is -2.34. The zero-order chi connectivity index (χ0) is 26.9. The highest BCUT2D eigenvalue weighted by molar-refractivity contribution is 5.95. The minimum absolute atomic E-state index is 0.0133. The van der Waals surface area contributed by atoms with Crippen LogP contribution in [-0.2, 0) is 19.0 Å². The second-order valence-electron chi connectivity index (χ2n) is 9.26. The van der Waals surface area contributed by atoms with Crippen molar-refractivity contribution < 1.29 is 28.6 Å². The monoisotopic (exact) mass is 511 g/mol. The summed E-state index contributed by atoms with van der Waals surface area (Å²) in [6.45, 7) is 7.32. The molecule has 2 aromatic rings. The van der Waals surface area contributed by atoms with Gasteiger partial charge in [0.2, 0.25) is 6.29 Å². The van der Waals surface area contributed by atoms with Crippen molar-refractivity contribution in [1.29, 1.82) is 0 Å². The fraction of sp³-hybridized carbons (Fsp3) is 0.500. The average Bonchev–Trinajstić information content (AvgIpc) is 2.89. The van der Waals surface area contributed by atoms with Gasteiger partial charge in [-0.1, -0.05) is 95.2 Å². The summed E-state index contributed by atoms with van der Waals surface area (Å²) in [4.78, 5) is 36.6. The van der Waals surface area contributed by atoms with Crippen molar-refractivity contribution in [2.75, 3.05) is 13.2 Å². The average molecular weight is 512 g/mol. The van der Waals surface area contributed by atoms with E-state index >= 15 is 0 Å². The van der Waals surface area contributed by atoms with Gasteiger partial charge in [-0.05, 0) is 36.2 Å². The summed E-state index contributed by atoms with van der Waals surface area (Å²) < 4.78 is 15.9. The maximum absolute atomic E-state index is 12.8. The molecule has 0 fully saturated rings. The van der Waals surface area contributed by atoms with E-state index in [0.29, 0.717) is 12.0 Å². The number of carbonyl (C=O) groups is 3. The molecular formula is C30H41NO6. The van der Waals surface area contributed by atoms with Gasteiger partial charge in [0, 0.05) is 12.0 Å². The van der Waals surface area contributed by atoms with E-state index in [1.807, 2.05) is 30.3 Å². The smallest absolute Gasteiger partial charge is 0.410 e. The molecule has 0 aliphatic heterocycles. The third-order valence-electron chi connectivity index (χ3n) is 5.96. The first-order chi connectivity index (χ1) is 17.9. The first-order valence-corrected chi connectivity index (χ1v) is 13.4. The van der Waals surface area contributed by atoms with Gasteiger partial charge in [-0.25, -0.2) is 14.4 Å². The lowest BCUT2D eigenvalue weighted by atomic mass is 10.1. The number of fused-ring (bicyclic) bond motifs is 1. The van der Waals surface area contributed by atoms with Gasteiger partial charge in [0.25, 0.3) is 0 Å². The van der Waals surface area contributed by atoms with E-state index < -0.39 is 24.3 Å². The Hall–Kier alpha value is -3.35. The van der Waals surface area contributed by atoms with Crippen LogP contribution in [0.5, 0.6) is 0 Å². The molecule has 1 amide bonds. The molecule has 2 rings (SSSR count). The molecule has 1 unspecified atom stereocenters. The molecule has 0 saturated carbocycles. The summed E-state index contributed by atoms with van der Waals surface area (Å²) in [6.07, 6.45) is 9.00. The Morgan fingerprint density at radius 1 is 0.865 bits per heavy atom. The van der Waals surface area contributed by atoms with Crippen molar-refractivity contribution >= 4 is 28.8 Å². The fourth-order valence-corrected chi connectivity index (χ4v) is 3.85. The minimum atomic E-state index is -1.01. The van der Waals surface area contributed by atoms with Gasteiger partial charge in [-0.3, -0.25) is 0 Å². The van der Waals surface area contributed by atoms with Gasteiger partial charge in [0.1, 0.15) is 6.61 Å². The summed E-state index contributed by atoms with van der Waals surface area (Å²) in [5.41, 5.74) is 0.677. The number of alkyl carbamates (subject to hydrolysis) is 1. The van der Waals surface area contributed by atoms with Gasteiger partial charge < -0.3 is 19.5 Å². The highest BCUT2D eigenvalue weighted by atomic mass is 16.7. The lowest BCUT2D eigenvalue weighted by molar-refractivity contribution is -0.138. The fourth-order valence-electron chi connectivity index (χ4n) is 3.85. The molecule has 0 spiro atoms. The Kier molecular flexibility index (Phi) is 13.9. The molecular weight excluding hydrogens is 470 g/mol. The van der Waals surface area contributed by atoms with Crippen LogP contribution in [0.25, 0.3) is 10.8 Å². The van der Waals surface area contributed by atoms with Gasteiger partial charge >= 0.3 is 18.0 Å². The molecule has 0 aromatic heterocycles. The Labute approximate surface area is 220 Å². The minimum Gasteiger partial charge on any atom is -0.460 e. The van der Waals surface area contributed by atoms with Crippen molar-refractivity contribution in [1.82, 2.24) is 5.32 Å². The van der Waals surface area contributed by atoms with Crippen LogP contribution in [-0.4, -0.2) is 37.5 Å². The highest BCUT2D eigenvalue weighted by Crippen LogP contribution is 2.18. The van der Waals surface area contributed by atoms with Crippen LogP contribution in [0.15, 0.2) is 54.6 Å². The molecule has 1 atom stereocenters. The third kappa shape index (κ3) is 12.0.